The molecule has 1 amide bonds. The minimum Gasteiger partial charge on any atom is -0.497 e. The Morgan fingerprint density at radius 2 is 1.96 bits per heavy atom. The highest BCUT2D eigenvalue weighted by molar-refractivity contribution is 5.91. The zero-order chi connectivity index (χ0) is 18.5. The SMILES string of the molecule is COCCCNC(=O)c1nnc2n(c1=O)CCN2c1ccc(OC)cc1. The van der Waals surface area contributed by atoms with Crippen LogP contribution in [0.15, 0.2) is 29.1 Å². The van der Waals surface area contributed by atoms with E-state index in [1.54, 1.807) is 14.2 Å². The summed E-state index contributed by atoms with van der Waals surface area (Å²) in [5.41, 5.74) is 0.250. The maximum Gasteiger partial charge on any atom is 0.286 e. The topological polar surface area (TPSA) is 98.6 Å². The van der Waals surface area contributed by atoms with Crippen LogP contribution < -0.4 is 20.5 Å². The predicted molar refractivity (Wildman–Crippen MR) is 95.1 cm³/mol. The van der Waals surface area contributed by atoms with Crippen LogP contribution in [0.1, 0.15) is 16.9 Å². The number of ether oxygens (including phenoxy) is 2. The number of benzene rings is 1. The van der Waals surface area contributed by atoms with Crippen LogP contribution in [0.5, 0.6) is 5.75 Å². The van der Waals surface area contributed by atoms with E-state index in [4.69, 9.17) is 9.47 Å². The number of carbonyl (C=O) groups is 1. The first-order valence-corrected chi connectivity index (χ1v) is 8.32. The molecule has 0 saturated carbocycles. The van der Waals surface area contributed by atoms with Gasteiger partial charge in [0.1, 0.15) is 5.75 Å². The van der Waals surface area contributed by atoms with Crippen molar-refractivity contribution < 1.29 is 14.3 Å². The Balaban J connectivity index is 1.79. The molecule has 1 N–H and O–H groups in total. The smallest absolute Gasteiger partial charge is 0.286 e. The number of aromatic nitrogens is 3. The standard InChI is InChI=1S/C17H21N5O4/c1-25-11-3-8-18-15(23)14-16(24)22-10-9-21(17(22)20-19-14)12-4-6-13(26-2)7-5-12/h4-7H,3,8-11H2,1-2H3,(H,18,23). The van der Waals surface area contributed by atoms with Crippen molar-refractivity contribution in [2.75, 3.05) is 38.8 Å². The van der Waals surface area contributed by atoms with Gasteiger partial charge in [0, 0.05) is 39.0 Å². The van der Waals surface area contributed by atoms with E-state index in [1.165, 1.54) is 4.57 Å². The van der Waals surface area contributed by atoms with Crippen LogP contribution in [0.25, 0.3) is 0 Å². The highest BCUT2D eigenvalue weighted by Crippen LogP contribution is 2.27. The van der Waals surface area contributed by atoms with Crippen molar-refractivity contribution in [3.63, 3.8) is 0 Å². The van der Waals surface area contributed by atoms with Crippen LogP contribution >= 0.6 is 0 Å². The minimum absolute atomic E-state index is 0.192. The first-order valence-electron chi connectivity index (χ1n) is 8.32. The second-order valence-corrected chi connectivity index (χ2v) is 5.76. The summed E-state index contributed by atoms with van der Waals surface area (Å²) < 4.78 is 11.6. The molecule has 2 aromatic rings. The zero-order valence-corrected chi connectivity index (χ0v) is 14.8. The lowest BCUT2D eigenvalue weighted by atomic mass is 10.3. The summed E-state index contributed by atoms with van der Waals surface area (Å²) >= 11 is 0. The summed E-state index contributed by atoms with van der Waals surface area (Å²) in [6.07, 6.45) is 0.660. The first kappa shape index (κ1) is 17.9. The molecule has 0 saturated heterocycles. The molecular formula is C17H21N5O4. The van der Waals surface area contributed by atoms with Crippen molar-refractivity contribution in [1.29, 1.82) is 0 Å². The van der Waals surface area contributed by atoms with Crippen LogP contribution in [0, 0.1) is 0 Å². The highest BCUT2D eigenvalue weighted by atomic mass is 16.5. The number of anilines is 2. The number of methoxy groups -OCH3 is 2. The van der Waals surface area contributed by atoms with E-state index in [-0.39, 0.29) is 5.69 Å². The average Bonchev–Trinajstić information content (AvgIpc) is 3.10. The van der Waals surface area contributed by atoms with Gasteiger partial charge in [-0.25, -0.2) is 0 Å². The average molecular weight is 359 g/mol. The largest absolute Gasteiger partial charge is 0.497 e. The van der Waals surface area contributed by atoms with Gasteiger partial charge in [0.2, 0.25) is 11.6 Å². The number of carbonyl (C=O) groups excluding carboxylic acids is 1. The van der Waals surface area contributed by atoms with Gasteiger partial charge in [0.05, 0.1) is 7.11 Å². The predicted octanol–water partition coefficient (Wildman–Crippen LogP) is 0.565. The molecule has 0 radical (unpaired) electrons. The fourth-order valence-corrected chi connectivity index (χ4v) is 2.76. The molecule has 1 aromatic carbocycles. The minimum atomic E-state index is -0.517. The van der Waals surface area contributed by atoms with Gasteiger partial charge in [0.15, 0.2) is 0 Å². The summed E-state index contributed by atoms with van der Waals surface area (Å²) in [5.74, 6) is 0.657. The van der Waals surface area contributed by atoms with E-state index >= 15 is 0 Å². The molecule has 26 heavy (non-hydrogen) atoms. The van der Waals surface area contributed by atoms with E-state index < -0.39 is 11.5 Å². The van der Waals surface area contributed by atoms with E-state index in [0.717, 1.165) is 11.4 Å². The molecule has 0 unspecified atom stereocenters. The molecule has 2 heterocycles. The van der Waals surface area contributed by atoms with Crippen molar-refractivity contribution in [3.05, 3.63) is 40.3 Å². The van der Waals surface area contributed by atoms with Gasteiger partial charge in [-0.1, -0.05) is 0 Å². The van der Waals surface area contributed by atoms with Gasteiger partial charge in [-0.15, -0.1) is 10.2 Å². The second kappa shape index (κ2) is 7.96. The molecule has 0 fully saturated rings. The lowest BCUT2D eigenvalue weighted by Crippen LogP contribution is -2.35. The molecule has 1 aliphatic rings. The summed E-state index contributed by atoms with van der Waals surface area (Å²) in [5, 5.41) is 10.6. The molecule has 9 nitrogen and oxygen atoms in total. The Morgan fingerprint density at radius 1 is 1.19 bits per heavy atom. The number of amides is 1. The lowest BCUT2D eigenvalue weighted by Gasteiger charge is -2.17. The Kier molecular flexibility index (Phi) is 5.47. The number of hydrogen-bond acceptors (Lipinski definition) is 7. The van der Waals surface area contributed by atoms with Gasteiger partial charge >= 0.3 is 0 Å². The maximum absolute atomic E-state index is 12.6. The molecule has 0 aliphatic carbocycles. The quantitative estimate of drug-likeness (QED) is 0.722. The summed E-state index contributed by atoms with van der Waals surface area (Å²) in [6.45, 7) is 1.97. The highest BCUT2D eigenvalue weighted by Gasteiger charge is 2.27. The monoisotopic (exact) mass is 359 g/mol. The van der Waals surface area contributed by atoms with Gasteiger partial charge in [-0.3, -0.25) is 14.2 Å². The van der Waals surface area contributed by atoms with E-state index in [1.807, 2.05) is 29.2 Å². The Morgan fingerprint density at radius 3 is 2.65 bits per heavy atom. The molecular weight excluding hydrogens is 338 g/mol. The maximum atomic E-state index is 12.6. The van der Waals surface area contributed by atoms with Gasteiger partial charge in [0.25, 0.3) is 11.5 Å². The zero-order valence-electron chi connectivity index (χ0n) is 14.8. The first-order chi connectivity index (χ1) is 12.7. The van der Waals surface area contributed by atoms with Crippen LogP contribution in [-0.2, 0) is 11.3 Å². The summed E-state index contributed by atoms with van der Waals surface area (Å²) in [4.78, 5) is 26.6. The van der Waals surface area contributed by atoms with Crippen LogP contribution in [-0.4, -0.2) is 54.6 Å². The van der Waals surface area contributed by atoms with E-state index in [2.05, 4.69) is 15.5 Å². The Hall–Kier alpha value is -2.94. The van der Waals surface area contributed by atoms with Gasteiger partial charge in [-0.2, -0.15) is 0 Å². The van der Waals surface area contributed by atoms with Crippen molar-refractivity contribution in [2.45, 2.75) is 13.0 Å². The molecule has 1 aromatic heterocycles. The molecule has 138 valence electrons. The van der Waals surface area contributed by atoms with Crippen molar-refractivity contribution >= 4 is 17.5 Å². The molecule has 0 atom stereocenters. The molecule has 1 aliphatic heterocycles. The molecule has 9 heteroatoms. The third kappa shape index (κ3) is 3.52. The van der Waals surface area contributed by atoms with Gasteiger partial charge in [-0.05, 0) is 30.7 Å². The van der Waals surface area contributed by atoms with Crippen molar-refractivity contribution in [3.8, 4) is 5.75 Å². The van der Waals surface area contributed by atoms with Crippen molar-refractivity contribution in [1.82, 2.24) is 20.1 Å². The van der Waals surface area contributed by atoms with Gasteiger partial charge < -0.3 is 19.7 Å². The van der Waals surface area contributed by atoms with Crippen molar-refractivity contribution in [2.24, 2.45) is 0 Å². The number of hydrogen-bond donors (Lipinski definition) is 1. The fraction of sp³-hybridized carbons (Fsp3) is 0.412. The molecule has 0 bridgehead atoms. The summed E-state index contributed by atoms with van der Waals surface area (Å²) in [7, 11) is 3.20. The number of nitrogens with one attached hydrogen (secondary N) is 1. The fourth-order valence-electron chi connectivity index (χ4n) is 2.76. The Labute approximate surface area is 150 Å². The summed E-state index contributed by atoms with van der Waals surface area (Å²) in [6, 6.07) is 7.45. The third-order valence-electron chi connectivity index (χ3n) is 4.13. The third-order valence-corrected chi connectivity index (χ3v) is 4.13. The second-order valence-electron chi connectivity index (χ2n) is 5.76. The Bertz CT molecular complexity index is 834. The lowest BCUT2D eigenvalue weighted by molar-refractivity contribution is 0.0940. The van der Waals surface area contributed by atoms with E-state index in [0.29, 0.717) is 38.6 Å². The number of rotatable bonds is 7. The molecule has 3 rings (SSSR count). The van der Waals surface area contributed by atoms with Crippen LogP contribution in [0.2, 0.25) is 0 Å². The molecule has 0 spiro atoms. The number of fused-ring (bicyclic) bond motifs is 1. The van der Waals surface area contributed by atoms with Crippen LogP contribution in [0.4, 0.5) is 11.6 Å². The normalized spacial score (nSPS) is 12.8. The van der Waals surface area contributed by atoms with E-state index in [9.17, 15) is 9.59 Å². The number of nitrogens with zero attached hydrogens (tertiary/aromatic N) is 4. The van der Waals surface area contributed by atoms with Crippen LogP contribution in [0.3, 0.4) is 0 Å².